The highest BCUT2D eigenvalue weighted by molar-refractivity contribution is 6.17. The number of rotatable bonds is 3. The van der Waals surface area contributed by atoms with Gasteiger partial charge in [-0.05, 0) is 24.1 Å². The first kappa shape index (κ1) is 9.89. The number of benzene rings is 1. The summed E-state index contributed by atoms with van der Waals surface area (Å²) >= 11 is 5.54. The average Bonchev–Trinajstić information content (AvgIpc) is 2.19. The zero-order chi connectivity index (χ0) is 9.52. The van der Waals surface area contributed by atoms with E-state index < -0.39 is 0 Å². The van der Waals surface area contributed by atoms with Gasteiger partial charge in [-0.1, -0.05) is 30.2 Å². The number of terminal acetylenes is 1. The number of alkyl halides is 1. The Morgan fingerprint density at radius 1 is 1.31 bits per heavy atom. The molecule has 1 aromatic rings. The van der Waals surface area contributed by atoms with Crippen LogP contribution in [0.1, 0.15) is 17.5 Å². The molecule has 0 N–H and O–H groups in total. The van der Waals surface area contributed by atoms with E-state index in [-0.39, 0.29) is 0 Å². The maximum atomic E-state index is 5.54. The minimum Gasteiger partial charge on any atom is -0.126 e. The van der Waals surface area contributed by atoms with E-state index in [0.29, 0.717) is 5.88 Å². The van der Waals surface area contributed by atoms with Crippen LogP contribution in [0.15, 0.2) is 30.3 Å². The van der Waals surface area contributed by atoms with Gasteiger partial charge in [0.2, 0.25) is 0 Å². The Bertz CT molecular complexity index is 314. The van der Waals surface area contributed by atoms with Crippen molar-refractivity contribution in [1.29, 1.82) is 0 Å². The van der Waals surface area contributed by atoms with E-state index in [1.807, 2.05) is 30.3 Å². The van der Waals surface area contributed by atoms with E-state index in [9.17, 15) is 0 Å². The van der Waals surface area contributed by atoms with Crippen molar-refractivity contribution in [2.24, 2.45) is 0 Å². The molecule has 0 radical (unpaired) electrons. The quantitative estimate of drug-likeness (QED) is 0.507. The van der Waals surface area contributed by atoms with Crippen molar-refractivity contribution in [2.45, 2.75) is 6.42 Å². The van der Waals surface area contributed by atoms with Crippen molar-refractivity contribution in [1.82, 2.24) is 0 Å². The van der Waals surface area contributed by atoms with E-state index >= 15 is 0 Å². The zero-order valence-corrected chi connectivity index (χ0v) is 8.09. The van der Waals surface area contributed by atoms with Gasteiger partial charge in [-0.25, -0.2) is 0 Å². The topological polar surface area (TPSA) is 0 Å². The lowest BCUT2D eigenvalue weighted by atomic mass is 10.1. The van der Waals surface area contributed by atoms with Crippen molar-refractivity contribution in [3.8, 4) is 12.3 Å². The lowest BCUT2D eigenvalue weighted by Gasteiger charge is -1.93. The van der Waals surface area contributed by atoms with Gasteiger partial charge < -0.3 is 0 Å². The normalized spacial score (nSPS) is 10.2. The summed E-state index contributed by atoms with van der Waals surface area (Å²) in [5, 5.41) is 0. The minimum atomic E-state index is 0.666. The molecular formula is C12H11Cl. The molecule has 0 aliphatic carbocycles. The van der Waals surface area contributed by atoms with Crippen LogP contribution in [0.2, 0.25) is 0 Å². The molecule has 1 heteroatoms. The van der Waals surface area contributed by atoms with Gasteiger partial charge in [0.1, 0.15) is 0 Å². The second-order valence-electron chi connectivity index (χ2n) is 2.65. The number of halogens is 1. The monoisotopic (exact) mass is 190 g/mol. The molecule has 0 fully saturated rings. The highest BCUT2D eigenvalue weighted by Crippen LogP contribution is 2.05. The fourth-order valence-corrected chi connectivity index (χ4v) is 1.10. The van der Waals surface area contributed by atoms with Crippen LogP contribution in [0.25, 0.3) is 6.08 Å². The lowest BCUT2D eigenvalue weighted by Crippen LogP contribution is -1.75. The Hall–Kier alpha value is -1.19. The molecule has 0 saturated carbocycles. The number of hydrogen-bond acceptors (Lipinski definition) is 0. The maximum Gasteiger partial charge on any atom is 0.0258 e. The number of hydrogen-bond donors (Lipinski definition) is 0. The molecule has 0 bridgehead atoms. The second kappa shape index (κ2) is 5.45. The van der Waals surface area contributed by atoms with E-state index in [0.717, 1.165) is 17.5 Å². The van der Waals surface area contributed by atoms with Crippen LogP contribution in [0, 0.1) is 12.3 Å². The van der Waals surface area contributed by atoms with Crippen LogP contribution in [-0.2, 0) is 0 Å². The lowest BCUT2D eigenvalue weighted by molar-refractivity contribution is 1.24. The van der Waals surface area contributed by atoms with E-state index in [4.69, 9.17) is 18.0 Å². The first-order chi connectivity index (χ1) is 6.36. The predicted octanol–water partition coefficient (Wildman–Crippen LogP) is 3.31. The molecule has 0 heterocycles. The van der Waals surface area contributed by atoms with Gasteiger partial charge in [0, 0.05) is 11.4 Å². The van der Waals surface area contributed by atoms with Gasteiger partial charge in [-0.15, -0.1) is 18.0 Å². The third-order valence-corrected chi connectivity index (χ3v) is 1.88. The van der Waals surface area contributed by atoms with E-state index in [1.165, 1.54) is 0 Å². The SMILES string of the molecule is C#Cc1ccc(C=CCCCl)cc1. The van der Waals surface area contributed by atoms with Gasteiger partial charge in [0.25, 0.3) is 0 Å². The molecule has 0 saturated heterocycles. The molecule has 0 spiro atoms. The molecule has 0 aliphatic rings. The molecule has 0 aliphatic heterocycles. The smallest absolute Gasteiger partial charge is 0.0258 e. The summed E-state index contributed by atoms with van der Waals surface area (Å²) < 4.78 is 0. The summed E-state index contributed by atoms with van der Waals surface area (Å²) in [5.74, 6) is 3.24. The summed E-state index contributed by atoms with van der Waals surface area (Å²) in [7, 11) is 0. The first-order valence-electron chi connectivity index (χ1n) is 4.16. The Morgan fingerprint density at radius 2 is 2.00 bits per heavy atom. The maximum absolute atomic E-state index is 5.54. The van der Waals surface area contributed by atoms with Crippen LogP contribution in [0.5, 0.6) is 0 Å². The van der Waals surface area contributed by atoms with Gasteiger partial charge in [-0.3, -0.25) is 0 Å². The molecule has 0 aromatic heterocycles. The molecular weight excluding hydrogens is 180 g/mol. The highest BCUT2D eigenvalue weighted by atomic mass is 35.5. The minimum absolute atomic E-state index is 0.666. The molecule has 1 rings (SSSR count). The van der Waals surface area contributed by atoms with Crippen molar-refractivity contribution in [3.05, 3.63) is 41.5 Å². The van der Waals surface area contributed by atoms with Crippen molar-refractivity contribution in [2.75, 3.05) is 5.88 Å². The molecule has 1 aromatic carbocycles. The average molecular weight is 191 g/mol. The Balaban J connectivity index is 2.65. The van der Waals surface area contributed by atoms with Gasteiger partial charge in [0.15, 0.2) is 0 Å². The molecule has 0 unspecified atom stereocenters. The summed E-state index contributed by atoms with van der Waals surface area (Å²) in [6.07, 6.45) is 10.2. The van der Waals surface area contributed by atoms with Crippen LogP contribution in [0.3, 0.4) is 0 Å². The Morgan fingerprint density at radius 3 is 2.54 bits per heavy atom. The van der Waals surface area contributed by atoms with Crippen LogP contribution in [-0.4, -0.2) is 5.88 Å². The molecule has 66 valence electrons. The first-order valence-corrected chi connectivity index (χ1v) is 4.69. The fourth-order valence-electron chi connectivity index (χ4n) is 0.973. The predicted molar refractivity (Wildman–Crippen MR) is 58.7 cm³/mol. The third kappa shape index (κ3) is 3.36. The summed E-state index contributed by atoms with van der Waals surface area (Å²) in [6, 6.07) is 7.86. The van der Waals surface area contributed by atoms with Crippen LogP contribution in [0.4, 0.5) is 0 Å². The van der Waals surface area contributed by atoms with Crippen LogP contribution < -0.4 is 0 Å². The van der Waals surface area contributed by atoms with Gasteiger partial charge in [0.05, 0.1) is 0 Å². The largest absolute Gasteiger partial charge is 0.126 e. The zero-order valence-electron chi connectivity index (χ0n) is 7.33. The summed E-state index contributed by atoms with van der Waals surface area (Å²) in [4.78, 5) is 0. The Labute approximate surface area is 84.2 Å². The van der Waals surface area contributed by atoms with E-state index in [1.54, 1.807) is 0 Å². The highest BCUT2D eigenvalue weighted by Gasteiger charge is 1.86. The fraction of sp³-hybridized carbons (Fsp3) is 0.167. The standard InChI is InChI=1S/C12H11Cl/c1-2-11-6-8-12(9-7-11)5-3-4-10-13/h1,3,5-9H,4,10H2. The Kier molecular flexibility index (Phi) is 4.15. The van der Waals surface area contributed by atoms with Crippen LogP contribution >= 0.6 is 11.6 Å². The molecule has 0 amide bonds. The third-order valence-electron chi connectivity index (χ3n) is 1.66. The summed E-state index contributed by atoms with van der Waals surface area (Å²) in [5.41, 5.74) is 2.07. The van der Waals surface area contributed by atoms with Crippen molar-refractivity contribution >= 4 is 17.7 Å². The molecule has 0 atom stereocenters. The van der Waals surface area contributed by atoms with Gasteiger partial charge >= 0.3 is 0 Å². The van der Waals surface area contributed by atoms with Gasteiger partial charge in [-0.2, -0.15) is 0 Å². The molecule has 13 heavy (non-hydrogen) atoms. The second-order valence-corrected chi connectivity index (χ2v) is 3.02. The number of allylic oxidation sites excluding steroid dienone is 1. The van der Waals surface area contributed by atoms with E-state index in [2.05, 4.69) is 12.0 Å². The molecule has 0 nitrogen and oxygen atoms in total. The van der Waals surface area contributed by atoms with Crippen molar-refractivity contribution < 1.29 is 0 Å². The van der Waals surface area contributed by atoms with Crippen molar-refractivity contribution in [3.63, 3.8) is 0 Å². The summed E-state index contributed by atoms with van der Waals surface area (Å²) in [6.45, 7) is 0.